The molecule has 3 aromatic rings. The number of nitrogens with zero attached hydrogens (tertiary/aromatic N) is 1. The zero-order valence-corrected chi connectivity index (χ0v) is 10.8. The van der Waals surface area contributed by atoms with E-state index in [9.17, 15) is 9.90 Å². The van der Waals surface area contributed by atoms with E-state index >= 15 is 0 Å². The van der Waals surface area contributed by atoms with Crippen molar-refractivity contribution in [2.45, 2.75) is 0 Å². The molecule has 0 amide bonds. The first-order valence-electron chi connectivity index (χ1n) is 5.81. The third-order valence-electron chi connectivity index (χ3n) is 2.91. The summed E-state index contributed by atoms with van der Waals surface area (Å²) in [6.07, 6.45) is 3.72. The number of benzene rings is 1. The Morgan fingerprint density at radius 3 is 2.37 bits per heavy atom. The van der Waals surface area contributed by atoms with Crippen molar-refractivity contribution in [3.63, 3.8) is 0 Å². The second-order valence-corrected chi connectivity index (χ2v) is 4.97. The van der Waals surface area contributed by atoms with E-state index in [1.54, 1.807) is 0 Å². The molecule has 0 aliphatic carbocycles. The van der Waals surface area contributed by atoms with Gasteiger partial charge in [-0.1, -0.05) is 30.3 Å². The lowest BCUT2D eigenvalue weighted by molar-refractivity contribution is 0.0702. The van der Waals surface area contributed by atoms with Crippen molar-refractivity contribution in [2.75, 3.05) is 0 Å². The van der Waals surface area contributed by atoms with Crippen LogP contribution in [0.2, 0.25) is 0 Å². The predicted octanol–water partition coefficient (Wildman–Crippen LogP) is 3.90. The van der Waals surface area contributed by atoms with Crippen LogP contribution in [0.4, 0.5) is 0 Å². The van der Waals surface area contributed by atoms with E-state index in [0.717, 1.165) is 16.8 Å². The van der Waals surface area contributed by atoms with Gasteiger partial charge in [0, 0.05) is 23.3 Å². The van der Waals surface area contributed by atoms with Crippen LogP contribution in [0.25, 0.3) is 16.8 Å². The molecule has 94 valence electrons. The SMILES string of the molecule is O=C(O)c1scc(-c2ccccc2)c1-n1cccc1. The number of rotatable bonds is 3. The summed E-state index contributed by atoms with van der Waals surface area (Å²) in [5.74, 6) is -0.893. The molecule has 3 rings (SSSR count). The van der Waals surface area contributed by atoms with E-state index in [4.69, 9.17) is 0 Å². The van der Waals surface area contributed by atoms with Crippen LogP contribution in [0.5, 0.6) is 0 Å². The standard InChI is InChI=1S/C15H11NO2S/c17-15(18)14-13(16-8-4-5-9-16)12(10-19-14)11-6-2-1-3-7-11/h1-10H,(H,17,18). The maximum absolute atomic E-state index is 11.4. The Morgan fingerprint density at radius 2 is 1.74 bits per heavy atom. The second-order valence-electron chi connectivity index (χ2n) is 4.09. The van der Waals surface area contributed by atoms with Crippen molar-refractivity contribution >= 4 is 17.3 Å². The molecule has 0 saturated heterocycles. The van der Waals surface area contributed by atoms with Gasteiger partial charge in [-0.2, -0.15) is 0 Å². The minimum atomic E-state index is -0.893. The minimum Gasteiger partial charge on any atom is -0.477 e. The van der Waals surface area contributed by atoms with Gasteiger partial charge >= 0.3 is 5.97 Å². The van der Waals surface area contributed by atoms with Crippen LogP contribution < -0.4 is 0 Å². The van der Waals surface area contributed by atoms with Gasteiger partial charge in [-0.3, -0.25) is 0 Å². The van der Waals surface area contributed by atoms with E-state index in [2.05, 4.69) is 0 Å². The van der Waals surface area contributed by atoms with Crippen molar-refractivity contribution < 1.29 is 9.90 Å². The van der Waals surface area contributed by atoms with E-state index < -0.39 is 5.97 Å². The monoisotopic (exact) mass is 269 g/mol. The quantitative estimate of drug-likeness (QED) is 0.783. The summed E-state index contributed by atoms with van der Waals surface area (Å²) in [7, 11) is 0. The van der Waals surface area contributed by atoms with Crippen molar-refractivity contribution in [1.29, 1.82) is 0 Å². The topological polar surface area (TPSA) is 42.2 Å². The Balaban J connectivity index is 2.24. The molecular weight excluding hydrogens is 258 g/mol. The van der Waals surface area contributed by atoms with Crippen LogP contribution in [0.15, 0.2) is 60.2 Å². The fraction of sp³-hybridized carbons (Fsp3) is 0. The average Bonchev–Trinajstić information content (AvgIpc) is 3.08. The van der Waals surface area contributed by atoms with Gasteiger partial charge in [0.25, 0.3) is 0 Å². The lowest BCUT2D eigenvalue weighted by atomic mass is 10.1. The van der Waals surface area contributed by atoms with Gasteiger partial charge in [0.15, 0.2) is 0 Å². The van der Waals surface area contributed by atoms with Gasteiger partial charge in [0.05, 0.1) is 5.69 Å². The highest BCUT2D eigenvalue weighted by molar-refractivity contribution is 7.13. The lowest BCUT2D eigenvalue weighted by Gasteiger charge is -2.07. The first-order valence-corrected chi connectivity index (χ1v) is 6.69. The highest BCUT2D eigenvalue weighted by Crippen LogP contribution is 2.34. The fourth-order valence-electron chi connectivity index (χ4n) is 2.07. The third kappa shape index (κ3) is 2.06. The fourth-order valence-corrected chi connectivity index (χ4v) is 2.98. The molecule has 0 aliphatic heterocycles. The van der Waals surface area contributed by atoms with Crippen LogP contribution >= 0.6 is 11.3 Å². The summed E-state index contributed by atoms with van der Waals surface area (Å²) in [5.41, 5.74) is 2.70. The van der Waals surface area contributed by atoms with Crippen molar-refractivity contribution in [3.05, 3.63) is 65.1 Å². The molecule has 3 nitrogen and oxygen atoms in total. The van der Waals surface area contributed by atoms with Gasteiger partial charge < -0.3 is 9.67 Å². The molecule has 19 heavy (non-hydrogen) atoms. The number of thiophene rings is 1. The van der Waals surface area contributed by atoms with Gasteiger partial charge in [-0.25, -0.2) is 4.79 Å². The Kier molecular flexibility index (Phi) is 2.93. The molecule has 1 N–H and O–H groups in total. The van der Waals surface area contributed by atoms with E-state index in [-0.39, 0.29) is 0 Å². The Hall–Kier alpha value is -2.33. The maximum atomic E-state index is 11.4. The summed E-state index contributed by atoms with van der Waals surface area (Å²) in [6, 6.07) is 13.6. The molecular formula is C15H11NO2S. The molecule has 4 heteroatoms. The third-order valence-corrected chi connectivity index (χ3v) is 3.86. The van der Waals surface area contributed by atoms with Crippen LogP contribution in [0.3, 0.4) is 0 Å². The summed E-state index contributed by atoms with van der Waals surface area (Å²) in [5, 5.41) is 11.2. The van der Waals surface area contributed by atoms with Crippen LogP contribution in [-0.2, 0) is 0 Å². The smallest absolute Gasteiger partial charge is 0.348 e. The lowest BCUT2D eigenvalue weighted by Crippen LogP contribution is -2.01. The summed E-state index contributed by atoms with van der Waals surface area (Å²) >= 11 is 1.26. The molecule has 2 aromatic heterocycles. The number of carboxylic acid groups (broad SMARTS) is 1. The van der Waals surface area contributed by atoms with E-state index in [1.165, 1.54) is 11.3 Å². The molecule has 0 fully saturated rings. The molecule has 0 unspecified atom stereocenters. The van der Waals surface area contributed by atoms with Gasteiger partial charge in [0.1, 0.15) is 4.88 Å². The first kappa shape index (κ1) is 11.7. The Labute approximate surface area is 114 Å². The van der Waals surface area contributed by atoms with Crippen LogP contribution in [0, 0.1) is 0 Å². The van der Waals surface area contributed by atoms with E-state index in [0.29, 0.717) is 4.88 Å². The van der Waals surface area contributed by atoms with Crippen molar-refractivity contribution in [1.82, 2.24) is 4.57 Å². The first-order chi connectivity index (χ1) is 9.27. The van der Waals surface area contributed by atoms with Gasteiger partial charge in [-0.05, 0) is 17.7 Å². The highest BCUT2D eigenvalue weighted by atomic mass is 32.1. The Morgan fingerprint density at radius 1 is 1.05 bits per heavy atom. The molecule has 0 aliphatic rings. The number of aromatic nitrogens is 1. The second kappa shape index (κ2) is 4.74. The molecule has 2 heterocycles. The number of hydrogen-bond acceptors (Lipinski definition) is 2. The van der Waals surface area contributed by atoms with Crippen LogP contribution in [-0.4, -0.2) is 15.6 Å². The zero-order valence-electron chi connectivity index (χ0n) is 9.98. The summed E-state index contributed by atoms with van der Waals surface area (Å²) < 4.78 is 1.85. The average molecular weight is 269 g/mol. The highest BCUT2D eigenvalue weighted by Gasteiger charge is 2.19. The molecule has 0 atom stereocenters. The number of carboxylic acids is 1. The molecule has 0 bridgehead atoms. The van der Waals surface area contributed by atoms with Gasteiger partial charge in [0.2, 0.25) is 0 Å². The van der Waals surface area contributed by atoms with Crippen LogP contribution in [0.1, 0.15) is 9.67 Å². The van der Waals surface area contributed by atoms with Gasteiger partial charge in [-0.15, -0.1) is 11.3 Å². The van der Waals surface area contributed by atoms with E-state index in [1.807, 2.05) is 64.8 Å². The maximum Gasteiger partial charge on any atom is 0.348 e. The Bertz CT molecular complexity index is 699. The molecule has 1 aromatic carbocycles. The summed E-state index contributed by atoms with van der Waals surface area (Å²) in [4.78, 5) is 11.7. The number of carbonyl (C=O) groups is 1. The largest absolute Gasteiger partial charge is 0.477 e. The molecule has 0 radical (unpaired) electrons. The van der Waals surface area contributed by atoms with Crippen molar-refractivity contribution in [3.8, 4) is 16.8 Å². The number of hydrogen-bond donors (Lipinski definition) is 1. The zero-order chi connectivity index (χ0) is 13.2. The molecule has 0 saturated carbocycles. The number of aromatic carboxylic acids is 1. The van der Waals surface area contributed by atoms with Crippen molar-refractivity contribution in [2.24, 2.45) is 0 Å². The molecule has 0 spiro atoms. The normalized spacial score (nSPS) is 10.5. The summed E-state index contributed by atoms with van der Waals surface area (Å²) in [6.45, 7) is 0. The minimum absolute atomic E-state index is 0.357. The predicted molar refractivity (Wildman–Crippen MR) is 76.0 cm³/mol.